The van der Waals surface area contributed by atoms with Gasteiger partial charge in [-0.05, 0) is 25.7 Å². The summed E-state index contributed by atoms with van der Waals surface area (Å²) in [7, 11) is 0. The van der Waals surface area contributed by atoms with Crippen molar-refractivity contribution in [3.8, 4) is 0 Å². The van der Waals surface area contributed by atoms with E-state index in [4.69, 9.17) is 21.7 Å². The summed E-state index contributed by atoms with van der Waals surface area (Å²) in [6.45, 7) is 3.76. The number of carboxylic acid groups (broad SMARTS) is 1. The van der Waals surface area contributed by atoms with Gasteiger partial charge in [0.05, 0.1) is 5.76 Å². The Hall–Kier alpha value is -2.25. The third kappa shape index (κ3) is 13.4. The minimum absolute atomic E-state index is 0.0331. The fraction of sp³-hybridized carbons (Fsp3) is 0.688. The molecule has 24 heavy (non-hydrogen) atoms. The van der Waals surface area contributed by atoms with Crippen LogP contribution in [-0.4, -0.2) is 40.6 Å². The topological polar surface area (TPSA) is 151 Å². The average Bonchev–Trinajstić information content (AvgIpc) is 2.48. The number of nitrogens with two attached hydrogens (primary N) is 2. The number of guanidine groups is 1. The lowest BCUT2D eigenvalue weighted by Crippen LogP contribution is -2.40. The molecule has 0 aliphatic rings. The van der Waals surface area contributed by atoms with E-state index < -0.39 is 12.0 Å². The number of allylic oxidation sites excluding steroid dienone is 1. The second kappa shape index (κ2) is 13.2. The van der Waals surface area contributed by atoms with E-state index >= 15 is 0 Å². The van der Waals surface area contributed by atoms with Gasteiger partial charge in [-0.1, -0.05) is 25.8 Å². The first-order valence-corrected chi connectivity index (χ1v) is 8.27. The normalized spacial score (nSPS) is 11.5. The lowest BCUT2D eigenvalue weighted by Gasteiger charge is -2.14. The molecule has 0 bridgehead atoms. The fourth-order valence-electron chi connectivity index (χ4n) is 2.17. The number of carbonyl (C=O) groups is 2. The molecule has 0 aromatic carbocycles. The Balaban J connectivity index is 3.85. The van der Waals surface area contributed by atoms with E-state index in [1.807, 2.05) is 0 Å². The van der Waals surface area contributed by atoms with Crippen molar-refractivity contribution in [2.24, 2.45) is 16.5 Å². The molecular formula is C16H30N4O4. The number of amides is 1. The maximum absolute atomic E-state index is 11.8. The Labute approximate surface area is 143 Å². The van der Waals surface area contributed by atoms with Gasteiger partial charge in [0.15, 0.2) is 5.96 Å². The largest absolute Gasteiger partial charge is 0.513 e. The maximum Gasteiger partial charge on any atom is 0.326 e. The highest BCUT2D eigenvalue weighted by Gasteiger charge is 2.18. The number of hydrogen-bond acceptors (Lipinski definition) is 4. The summed E-state index contributed by atoms with van der Waals surface area (Å²) in [6, 6.07) is -0.915. The molecule has 0 aliphatic heterocycles. The van der Waals surface area contributed by atoms with E-state index in [1.54, 1.807) is 0 Å². The highest BCUT2D eigenvalue weighted by molar-refractivity contribution is 5.83. The van der Waals surface area contributed by atoms with Crippen molar-refractivity contribution in [1.29, 1.82) is 0 Å². The highest BCUT2D eigenvalue weighted by Crippen LogP contribution is 2.09. The Morgan fingerprint density at radius 1 is 1.00 bits per heavy atom. The molecule has 0 saturated heterocycles. The van der Waals surface area contributed by atoms with Gasteiger partial charge >= 0.3 is 5.97 Å². The number of aliphatic hydroxyl groups excluding tert-OH is 1. The van der Waals surface area contributed by atoms with Crippen LogP contribution in [-0.2, 0) is 9.59 Å². The molecule has 0 aromatic rings. The van der Waals surface area contributed by atoms with Crippen LogP contribution in [0.4, 0.5) is 0 Å². The summed E-state index contributed by atoms with van der Waals surface area (Å²) in [6.07, 6.45) is 6.13. The number of unbranched alkanes of at least 4 members (excludes halogenated alkanes) is 4. The monoisotopic (exact) mass is 342 g/mol. The molecule has 1 atom stereocenters. The van der Waals surface area contributed by atoms with Crippen molar-refractivity contribution in [2.45, 2.75) is 63.8 Å². The molecule has 0 fully saturated rings. The molecule has 8 nitrogen and oxygen atoms in total. The maximum atomic E-state index is 11.8. The Bertz CT molecular complexity index is 434. The lowest BCUT2D eigenvalue weighted by molar-refractivity contribution is -0.142. The van der Waals surface area contributed by atoms with E-state index in [1.165, 1.54) is 0 Å². The fourth-order valence-corrected chi connectivity index (χ4v) is 2.17. The third-order valence-electron chi connectivity index (χ3n) is 3.45. The van der Waals surface area contributed by atoms with Crippen LogP contribution in [0, 0.1) is 0 Å². The van der Waals surface area contributed by atoms with Gasteiger partial charge in [-0.2, -0.15) is 0 Å². The van der Waals surface area contributed by atoms with Crippen LogP contribution >= 0.6 is 0 Å². The Morgan fingerprint density at radius 2 is 1.58 bits per heavy atom. The van der Waals surface area contributed by atoms with Crippen LogP contribution in [0.5, 0.6) is 0 Å². The Kier molecular flexibility index (Phi) is 12.0. The molecule has 1 amide bonds. The van der Waals surface area contributed by atoms with Crippen molar-refractivity contribution < 1.29 is 19.8 Å². The number of aliphatic carboxylic acids is 1. The number of rotatable bonds is 14. The predicted molar refractivity (Wildman–Crippen MR) is 93.6 cm³/mol. The minimum Gasteiger partial charge on any atom is -0.513 e. The number of aliphatic imine (C=N–C) groups is 1. The number of nitrogens with zero attached hydrogens (tertiary/aromatic N) is 1. The van der Waals surface area contributed by atoms with Gasteiger partial charge in [0.25, 0.3) is 0 Å². The van der Waals surface area contributed by atoms with Crippen LogP contribution in [0.2, 0.25) is 0 Å². The molecule has 0 unspecified atom stereocenters. The molecule has 0 radical (unpaired) electrons. The summed E-state index contributed by atoms with van der Waals surface area (Å²) in [5, 5.41) is 20.6. The summed E-state index contributed by atoms with van der Waals surface area (Å²) >= 11 is 0. The summed E-state index contributed by atoms with van der Waals surface area (Å²) in [4.78, 5) is 26.7. The predicted octanol–water partition coefficient (Wildman–Crippen LogP) is 1.41. The first kappa shape index (κ1) is 21.8. The standard InChI is InChI=1S/C16H30N4O4/c1-12(21)8-5-3-2-4-6-10-14(22)20-13(15(23)24)9-7-11-19-16(17)18/h13,21H,1-11H2,(H,20,22)(H,23,24)(H4,17,18,19)/t13-/m0/s1. The smallest absolute Gasteiger partial charge is 0.326 e. The van der Waals surface area contributed by atoms with Crippen molar-refractivity contribution in [3.05, 3.63) is 12.3 Å². The molecule has 0 rings (SSSR count). The summed E-state index contributed by atoms with van der Waals surface area (Å²) in [5.74, 6) is -1.14. The molecular weight excluding hydrogens is 312 g/mol. The molecule has 138 valence electrons. The van der Waals surface area contributed by atoms with Gasteiger partial charge in [-0.3, -0.25) is 9.79 Å². The van der Waals surface area contributed by atoms with Gasteiger partial charge in [0.1, 0.15) is 6.04 Å². The molecule has 0 aromatic heterocycles. The summed E-state index contributed by atoms with van der Waals surface area (Å²) < 4.78 is 0. The molecule has 0 aliphatic carbocycles. The minimum atomic E-state index is -1.06. The van der Waals surface area contributed by atoms with Crippen LogP contribution in [0.3, 0.4) is 0 Å². The van der Waals surface area contributed by atoms with Crippen molar-refractivity contribution in [2.75, 3.05) is 6.54 Å². The molecule has 7 N–H and O–H groups in total. The van der Waals surface area contributed by atoms with Crippen molar-refractivity contribution >= 4 is 17.8 Å². The number of hydrogen-bond donors (Lipinski definition) is 5. The lowest BCUT2D eigenvalue weighted by atomic mass is 10.1. The zero-order valence-electron chi connectivity index (χ0n) is 14.2. The summed E-state index contributed by atoms with van der Waals surface area (Å²) in [5.41, 5.74) is 10.4. The molecule has 0 saturated carbocycles. The van der Waals surface area contributed by atoms with Gasteiger partial charge < -0.3 is 27.0 Å². The zero-order chi connectivity index (χ0) is 18.4. The van der Waals surface area contributed by atoms with E-state index in [9.17, 15) is 9.59 Å². The average molecular weight is 342 g/mol. The van der Waals surface area contributed by atoms with Gasteiger partial charge in [-0.15, -0.1) is 0 Å². The van der Waals surface area contributed by atoms with E-state index in [-0.39, 0.29) is 24.0 Å². The zero-order valence-corrected chi connectivity index (χ0v) is 14.2. The first-order valence-electron chi connectivity index (χ1n) is 8.27. The quantitative estimate of drug-likeness (QED) is 0.139. The Morgan fingerprint density at radius 3 is 2.12 bits per heavy atom. The van der Waals surface area contributed by atoms with E-state index in [0.717, 1.165) is 25.7 Å². The van der Waals surface area contributed by atoms with Crippen LogP contribution in [0.25, 0.3) is 0 Å². The number of nitrogens with one attached hydrogen (secondary N) is 1. The highest BCUT2D eigenvalue weighted by atomic mass is 16.4. The van der Waals surface area contributed by atoms with E-state index in [2.05, 4.69) is 16.9 Å². The third-order valence-corrected chi connectivity index (χ3v) is 3.45. The van der Waals surface area contributed by atoms with Gasteiger partial charge in [0.2, 0.25) is 5.91 Å². The van der Waals surface area contributed by atoms with Crippen LogP contribution in [0.15, 0.2) is 17.3 Å². The second-order valence-electron chi connectivity index (χ2n) is 5.74. The number of carbonyl (C=O) groups excluding carboxylic acids is 1. The SMILES string of the molecule is C=C(O)CCCCCCCC(=O)N[C@@H](CCCN=C(N)N)C(=O)O. The number of carboxylic acids is 1. The second-order valence-corrected chi connectivity index (χ2v) is 5.74. The van der Waals surface area contributed by atoms with E-state index in [0.29, 0.717) is 32.2 Å². The van der Waals surface area contributed by atoms with Crippen LogP contribution in [0.1, 0.15) is 57.8 Å². The molecule has 8 heteroatoms. The van der Waals surface area contributed by atoms with Crippen molar-refractivity contribution in [3.63, 3.8) is 0 Å². The van der Waals surface area contributed by atoms with Gasteiger partial charge in [-0.25, -0.2) is 4.79 Å². The van der Waals surface area contributed by atoms with Gasteiger partial charge in [0, 0.05) is 19.4 Å². The molecule has 0 spiro atoms. The van der Waals surface area contributed by atoms with Crippen molar-refractivity contribution in [1.82, 2.24) is 5.32 Å². The first-order chi connectivity index (χ1) is 11.3. The number of aliphatic hydroxyl groups is 1. The molecule has 0 heterocycles. The van der Waals surface area contributed by atoms with Crippen LogP contribution < -0.4 is 16.8 Å².